The van der Waals surface area contributed by atoms with Crippen molar-refractivity contribution in [2.75, 3.05) is 36.9 Å². The third-order valence-corrected chi connectivity index (χ3v) is 5.43. The number of halogens is 2. The van der Waals surface area contributed by atoms with Crippen molar-refractivity contribution >= 4 is 52.1 Å². The van der Waals surface area contributed by atoms with Gasteiger partial charge in [-0.25, -0.2) is 13.1 Å². The van der Waals surface area contributed by atoms with E-state index < -0.39 is 10.0 Å². The minimum absolute atomic E-state index is 0. The Hall–Kier alpha value is -1.84. The molecule has 0 heterocycles. The van der Waals surface area contributed by atoms with Gasteiger partial charge in [0.1, 0.15) is 0 Å². The average Bonchev–Trinajstić information content (AvgIpc) is 2.67. The second-order valence-electron chi connectivity index (χ2n) is 6.14. The Balaban J connectivity index is 0.00000392. The molecule has 29 heavy (non-hydrogen) atoms. The van der Waals surface area contributed by atoms with Crippen molar-refractivity contribution < 1.29 is 13.2 Å². The van der Waals surface area contributed by atoms with Crippen LogP contribution in [0.5, 0.6) is 0 Å². The number of rotatable bonds is 9. The fourth-order valence-electron chi connectivity index (χ4n) is 2.55. The molecule has 1 amide bonds. The van der Waals surface area contributed by atoms with Gasteiger partial charge in [0.05, 0.1) is 4.90 Å². The summed E-state index contributed by atoms with van der Waals surface area (Å²) >= 11 is 0. The molecular weight excluding hydrogens is 435 g/mol. The lowest BCUT2D eigenvalue weighted by Gasteiger charge is -2.18. The number of hydrogen-bond donors (Lipinski definition) is 3. The van der Waals surface area contributed by atoms with Crippen molar-refractivity contribution in [2.24, 2.45) is 5.73 Å². The number of benzene rings is 2. The molecule has 162 valence electrons. The van der Waals surface area contributed by atoms with Crippen molar-refractivity contribution in [1.82, 2.24) is 4.72 Å². The van der Waals surface area contributed by atoms with Crippen LogP contribution in [0.25, 0.3) is 0 Å². The Kier molecular flexibility index (Phi) is 11.9. The molecule has 0 spiro atoms. The van der Waals surface area contributed by atoms with Crippen LogP contribution in [0.1, 0.15) is 23.7 Å². The number of nitrogens with one attached hydrogen (secondary N) is 2. The molecule has 0 aliphatic rings. The lowest BCUT2D eigenvalue weighted by Crippen LogP contribution is -2.29. The largest absolute Gasteiger partial charge is 0.375 e. The van der Waals surface area contributed by atoms with Crippen LogP contribution in [0, 0.1) is 0 Å². The van der Waals surface area contributed by atoms with Crippen molar-refractivity contribution in [2.45, 2.75) is 18.2 Å². The summed E-state index contributed by atoms with van der Waals surface area (Å²) in [5.74, 6) is -0.302. The monoisotopic (exact) mass is 462 g/mol. The van der Waals surface area contributed by atoms with Gasteiger partial charge in [0.2, 0.25) is 10.0 Å². The van der Waals surface area contributed by atoms with E-state index >= 15 is 0 Å². The van der Waals surface area contributed by atoms with Gasteiger partial charge in [-0.1, -0.05) is 13.0 Å². The minimum atomic E-state index is -3.65. The van der Waals surface area contributed by atoms with Gasteiger partial charge >= 0.3 is 0 Å². The number of amides is 1. The molecule has 0 fully saturated rings. The van der Waals surface area contributed by atoms with E-state index in [0.717, 1.165) is 18.7 Å². The van der Waals surface area contributed by atoms with Crippen molar-refractivity contribution in [1.29, 1.82) is 0 Å². The molecule has 2 aromatic carbocycles. The second-order valence-corrected chi connectivity index (χ2v) is 7.90. The van der Waals surface area contributed by atoms with E-state index in [9.17, 15) is 13.2 Å². The van der Waals surface area contributed by atoms with Crippen LogP contribution in [0.15, 0.2) is 53.4 Å². The summed E-state index contributed by atoms with van der Waals surface area (Å²) in [6.45, 7) is 3.40. The summed E-state index contributed by atoms with van der Waals surface area (Å²) in [5.41, 5.74) is 7.27. The van der Waals surface area contributed by atoms with Crippen molar-refractivity contribution in [3.63, 3.8) is 0 Å². The molecule has 0 aromatic heterocycles. The van der Waals surface area contributed by atoms with Crippen molar-refractivity contribution in [3.05, 3.63) is 54.1 Å². The Morgan fingerprint density at radius 1 is 1.10 bits per heavy atom. The molecule has 2 rings (SSSR count). The van der Waals surface area contributed by atoms with Gasteiger partial charge in [0, 0.05) is 43.6 Å². The Bertz CT molecular complexity index is 877. The highest BCUT2D eigenvalue weighted by Gasteiger charge is 2.14. The molecule has 0 aliphatic heterocycles. The molecular formula is C19H28Cl2N4O3S. The van der Waals surface area contributed by atoms with Crippen LogP contribution in [0.2, 0.25) is 0 Å². The fourth-order valence-corrected chi connectivity index (χ4v) is 3.65. The highest BCUT2D eigenvalue weighted by atomic mass is 35.5. The molecule has 0 saturated carbocycles. The van der Waals surface area contributed by atoms with Gasteiger partial charge in [0.25, 0.3) is 5.91 Å². The van der Waals surface area contributed by atoms with Gasteiger partial charge < -0.3 is 16.0 Å². The first-order valence-corrected chi connectivity index (χ1v) is 10.3. The molecule has 2 aromatic rings. The summed E-state index contributed by atoms with van der Waals surface area (Å²) in [5, 5.41) is 2.73. The fraction of sp³-hybridized carbons (Fsp3) is 0.316. The second kappa shape index (κ2) is 12.7. The Morgan fingerprint density at radius 3 is 2.34 bits per heavy atom. The van der Waals surface area contributed by atoms with E-state index in [1.54, 1.807) is 24.3 Å². The van der Waals surface area contributed by atoms with Crippen LogP contribution >= 0.6 is 24.8 Å². The SMILES string of the molecule is CCCN(C)c1ccc(C(=O)Nc2cccc(S(=O)(=O)NCCN)c2)cc1.Cl.Cl. The lowest BCUT2D eigenvalue weighted by atomic mass is 10.1. The first-order valence-electron chi connectivity index (χ1n) is 8.79. The Labute approximate surface area is 184 Å². The highest BCUT2D eigenvalue weighted by molar-refractivity contribution is 7.89. The lowest BCUT2D eigenvalue weighted by molar-refractivity contribution is 0.102. The third kappa shape index (κ3) is 7.83. The van der Waals surface area contributed by atoms with E-state index in [0.29, 0.717) is 11.3 Å². The predicted molar refractivity (Wildman–Crippen MR) is 123 cm³/mol. The average molecular weight is 463 g/mol. The van der Waals surface area contributed by atoms with Crippen LogP contribution in [-0.2, 0) is 10.0 Å². The van der Waals surface area contributed by atoms with E-state index in [2.05, 4.69) is 21.9 Å². The van der Waals surface area contributed by atoms with Gasteiger partial charge in [-0.05, 0) is 48.9 Å². The molecule has 0 radical (unpaired) electrons. The zero-order valence-electron chi connectivity index (χ0n) is 16.4. The summed E-state index contributed by atoms with van der Waals surface area (Å²) in [7, 11) is -1.65. The number of sulfonamides is 1. The van der Waals surface area contributed by atoms with Gasteiger partial charge in [0.15, 0.2) is 0 Å². The standard InChI is InChI=1S/C19H26N4O3S.2ClH/c1-3-13-23(2)17-9-7-15(8-10-17)19(24)22-16-5-4-6-18(14-16)27(25,26)21-12-11-20;;/h4-10,14,21H,3,11-13,20H2,1-2H3,(H,22,24);2*1H. The first kappa shape index (κ1) is 27.2. The topological polar surface area (TPSA) is 105 Å². The van der Waals surface area contributed by atoms with E-state index in [-0.39, 0.29) is 48.7 Å². The molecule has 10 heteroatoms. The van der Waals surface area contributed by atoms with Crippen LogP contribution in [0.4, 0.5) is 11.4 Å². The van der Waals surface area contributed by atoms with Crippen LogP contribution < -0.4 is 20.7 Å². The predicted octanol–water partition coefficient (Wildman–Crippen LogP) is 2.87. The normalized spacial score (nSPS) is 10.4. The smallest absolute Gasteiger partial charge is 0.255 e. The zero-order valence-corrected chi connectivity index (χ0v) is 18.9. The summed E-state index contributed by atoms with van der Waals surface area (Å²) in [6.07, 6.45) is 1.04. The third-order valence-electron chi connectivity index (χ3n) is 3.97. The van der Waals surface area contributed by atoms with E-state index in [4.69, 9.17) is 5.73 Å². The summed E-state index contributed by atoms with van der Waals surface area (Å²) < 4.78 is 26.7. The van der Waals surface area contributed by atoms with Gasteiger partial charge in [-0.15, -0.1) is 24.8 Å². The number of anilines is 2. The number of nitrogens with two attached hydrogens (primary N) is 1. The molecule has 4 N–H and O–H groups in total. The zero-order chi connectivity index (χ0) is 19.9. The summed E-state index contributed by atoms with van der Waals surface area (Å²) in [4.78, 5) is 14.6. The van der Waals surface area contributed by atoms with Crippen molar-refractivity contribution in [3.8, 4) is 0 Å². The maximum absolute atomic E-state index is 12.4. The number of carbonyl (C=O) groups is 1. The molecule has 0 bridgehead atoms. The highest BCUT2D eigenvalue weighted by Crippen LogP contribution is 2.18. The minimum Gasteiger partial charge on any atom is -0.375 e. The molecule has 0 atom stereocenters. The number of nitrogens with zero attached hydrogens (tertiary/aromatic N) is 1. The first-order chi connectivity index (χ1) is 12.9. The molecule has 0 saturated heterocycles. The Morgan fingerprint density at radius 2 is 1.76 bits per heavy atom. The molecule has 0 aliphatic carbocycles. The maximum atomic E-state index is 12.4. The van der Waals surface area contributed by atoms with Gasteiger partial charge in [-0.2, -0.15) is 0 Å². The maximum Gasteiger partial charge on any atom is 0.255 e. The number of hydrogen-bond acceptors (Lipinski definition) is 5. The van der Waals surface area contributed by atoms with E-state index in [1.807, 2.05) is 19.2 Å². The summed E-state index contributed by atoms with van der Waals surface area (Å²) in [6, 6.07) is 13.4. The molecule has 0 unspecified atom stereocenters. The van der Waals surface area contributed by atoms with Crippen LogP contribution in [-0.4, -0.2) is 41.0 Å². The number of carbonyl (C=O) groups excluding carboxylic acids is 1. The molecule has 7 nitrogen and oxygen atoms in total. The van der Waals surface area contributed by atoms with E-state index in [1.165, 1.54) is 12.1 Å². The van der Waals surface area contributed by atoms with Gasteiger partial charge in [-0.3, -0.25) is 4.79 Å². The van der Waals surface area contributed by atoms with Crippen LogP contribution in [0.3, 0.4) is 0 Å². The quantitative estimate of drug-likeness (QED) is 0.531.